The fourth-order valence-corrected chi connectivity index (χ4v) is 3.70. The fraction of sp³-hybridized carbons (Fsp3) is 0.562. The van der Waals surface area contributed by atoms with Gasteiger partial charge in [-0.1, -0.05) is 6.92 Å². The highest BCUT2D eigenvalue weighted by molar-refractivity contribution is 7.20. The van der Waals surface area contributed by atoms with E-state index in [-0.39, 0.29) is 11.9 Å². The van der Waals surface area contributed by atoms with Crippen LogP contribution in [0.2, 0.25) is 0 Å². The van der Waals surface area contributed by atoms with Gasteiger partial charge in [0.25, 0.3) is 5.91 Å². The van der Waals surface area contributed by atoms with Crippen LogP contribution in [0.15, 0.2) is 0 Å². The minimum absolute atomic E-state index is 0.0162. The molecule has 0 aromatic carbocycles. The molecule has 120 valence electrons. The zero-order valence-electron chi connectivity index (χ0n) is 14.1. The molecule has 1 amide bonds. The molecule has 2 rings (SSSR count). The van der Waals surface area contributed by atoms with Crippen molar-refractivity contribution < 1.29 is 9.53 Å². The van der Waals surface area contributed by atoms with Crippen molar-refractivity contribution in [2.75, 3.05) is 20.8 Å². The SMILES string of the molecule is CCc1nc(C)c2c(C)c(C(=O)N(C)[C@@H](C)COC)sc2n1. The van der Waals surface area contributed by atoms with Crippen molar-refractivity contribution in [3.05, 3.63) is 22.0 Å². The Bertz CT molecular complexity index is 696. The highest BCUT2D eigenvalue weighted by atomic mass is 32.1. The molecule has 0 radical (unpaired) electrons. The third-order valence-electron chi connectivity index (χ3n) is 3.92. The average molecular weight is 321 g/mol. The minimum atomic E-state index is 0.0162. The minimum Gasteiger partial charge on any atom is -0.383 e. The molecule has 22 heavy (non-hydrogen) atoms. The summed E-state index contributed by atoms with van der Waals surface area (Å²) in [5, 5.41) is 1.01. The summed E-state index contributed by atoms with van der Waals surface area (Å²) in [7, 11) is 3.45. The van der Waals surface area contributed by atoms with Gasteiger partial charge in [-0.15, -0.1) is 11.3 Å². The van der Waals surface area contributed by atoms with Crippen molar-refractivity contribution in [1.29, 1.82) is 0 Å². The Labute approximate surface area is 135 Å². The summed E-state index contributed by atoms with van der Waals surface area (Å²) in [5.74, 6) is 0.842. The topological polar surface area (TPSA) is 55.3 Å². The maximum Gasteiger partial charge on any atom is 0.264 e. The lowest BCUT2D eigenvalue weighted by Crippen LogP contribution is -2.37. The van der Waals surface area contributed by atoms with Crippen molar-refractivity contribution in [2.24, 2.45) is 0 Å². The zero-order chi connectivity index (χ0) is 16.4. The molecule has 6 heteroatoms. The number of nitrogens with zero attached hydrogens (tertiary/aromatic N) is 3. The van der Waals surface area contributed by atoms with Gasteiger partial charge in [0.05, 0.1) is 17.5 Å². The van der Waals surface area contributed by atoms with Gasteiger partial charge < -0.3 is 9.64 Å². The number of ether oxygens (including phenoxy) is 1. The van der Waals surface area contributed by atoms with E-state index in [9.17, 15) is 4.79 Å². The van der Waals surface area contributed by atoms with Crippen LogP contribution in [0.1, 0.15) is 40.6 Å². The molecule has 0 bridgehead atoms. The molecule has 2 aromatic rings. The van der Waals surface area contributed by atoms with Crippen LogP contribution in [0.5, 0.6) is 0 Å². The number of aryl methyl sites for hydroxylation is 3. The molecule has 0 fully saturated rings. The first-order valence-electron chi connectivity index (χ1n) is 7.43. The Balaban J connectivity index is 2.46. The van der Waals surface area contributed by atoms with Crippen LogP contribution in [0.3, 0.4) is 0 Å². The number of likely N-dealkylation sites (N-methyl/N-ethyl adjacent to an activating group) is 1. The molecule has 0 N–H and O–H groups in total. The van der Waals surface area contributed by atoms with Gasteiger partial charge in [0.15, 0.2) is 0 Å². The number of fused-ring (bicyclic) bond motifs is 1. The summed E-state index contributed by atoms with van der Waals surface area (Å²) < 4.78 is 5.14. The van der Waals surface area contributed by atoms with E-state index in [1.165, 1.54) is 11.3 Å². The Morgan fingerprint density at radius 2 is 2.05 bits per heavy atom. The lowest BCUT2D eigenvalue weighted by atomic mass is 10.1. The van der Waals surface area contributed by atoms with Crippen LogP contribution in [-0.2, 0) is 11.2 Å². The van der Waals surface area contributed by atoms with Crippen LogP contribution < -0.4 is 0 Å². The number of carbonyl (C=O) groups is 1. The van der Waals surface area contributed by atoms with Gasteiger partial charge in [-0.2, -0.15) is 0 Å². The maximum absolute atomic E-state index is 12.7. The molecule has 0 saturated carbocycles. The highest BCUT2D eigenvalue weighted by Gasteiger charge is 2.24. The molecular formula is C16H23N3O2S. The Morgan fingerprint density at radius 1 is 1.36 bits per heavy atom. The van der Waals surface area contributed by atoms with Crippen molar-refractivity contribution in [3.8, 4) is 0 Å². The lowest BCUT2D eigenvalue weighted by Gasteiger charge is -2.24. The Morgan fingerprint density at radius 3 is 2.64 bits per heavy atom. The summed E-state index contributed by atoms with van der Waals surface area (Å²) >= 11 is 1.46. The lowest BCUT2D eigenvalue weighted by molar-refractivity contribution is 0.0637. The van der Waals surface area contributed by atoms with Crippen LogP contribution >= 0.6 is 11.3 Å². The van der Waals surface area contributed by atoms with Gasteiger partial charge in [0.2, 0.25) is 0 Å². The molecule has 5 nitrogen and oxygen atoms in total. The van der Waals surface area contributed by atoms with E-state index in [0.717, 1.165) is 38.6 Å². The van der Waals surface area contributed by atoms with Crippen molar-refractivity contribution in [1.82, 2.24) is 14.9 Å². The van der Waals surface area contributed by atoms with E-state index in [2.05, 4.69) is 9.97 Å². The summed E-state index contributed by atoms with van der Waals surface area (Å²) in [6.07, 6.45) is 0.793. The third-order valence-corrected chi connectivity index (χ3v) is 5.09. The zero-order valence-corrected chi connectivity index (χ0v) is 14.9. The van der Waals surface area contributed by atoms with Crippen LogP contribution in [0.25, 0.3) is 10.2 Å². The van der Waals surface area contributed by atoms with E-state index in [1.807, 2.05) is 34.7 Å². The Hall–Kier alpha value is -1.53. The van der Waals surface area contributed by atoms with E-state index >= 15 is 0 Å². The van der Waals surface area contributed by atoms with Gasteiger partial charge >= 0.3 is 0 Å². The summed E-state index contributed by atoms with van der Waals surface area (Å²) in [6.45, 7) is 8.49. The second-order valence-electron chi connectivity index (χ2n) is 5.54. The van der Waals surface area contributed by atoms with E-state index in [4.69, 9.17) is 4.74 Å². The number of carbonyl (C=O) groups excluding carboxylic acids is 1. The van der Waals surface area contributed by atoms with Gasteiger partial charge in [-0.05, 0) is 26.3 Å². The van der Waals surface area contributed by atoms with Crippen LogP contribution in [0, 0.1) is 13.8 Å². The smallest absolute Gasteiger partial charge is 0.264 e. The molecule has 0 aliphatic heterocycles. The largest absolute Gasteiger partial charge is 0.383 e. The first-order valence-corrected chi connectivity index (χ1v) is 8.25. The predicted molar refractivity (Wildman–Crippen MR) is 89.7 cm³/mol. The van der Waals surface area contributed by atoms with Crippen molar-refractivity contribution in [2.45, 2.75) is 40.2 Å². The number of thiophene rings is 1. The van der Waals surface area contributed by atoms with Crippen molar-refractivity contribution >= 4 is 27.5 Å². The van der Waals surface area contributed by atoms with Gasteiger partial charge in [0, 0.05) is 31.7 Å². The molecule has 2 heterocycles. The monoisotopic (exact) mass is 321 g/mol. The summed E-state index contributed by atoms with van der Waals surface area (Å²) in [6, 6.07) is 0.0282. The second-order valence-corrected chi connectivity index (χ2v) is 6.53. The van der Waals surface area contributed by atoms with Gasteiger partial charge in [-0.3, -0.25) is 4.79 Å². The second kappa shape index (κ2) is 6.71. The van der Waals surface area contributed by atoms with E-state index < -0.39 is 0 Å². The van der Waals surface area contributed by atoms with Gasteiger partial charge in [0.1, 0.15) is 10.7 Å². The summed E-state index contributed by atoms with van der Waals surface area (Å²) in [4.78, 5) is 25.2. The quantitative estimate of drug-likeness (QED) is 0.849. The van der Waals surface area contributed by atoms with Crippen molar-refractivity contribution in [3.63, 3.8) is 0 Å². The number of hydrogen-bond donors (Lipinski definition) is 0. The molecule has 0 spiro atoms. The average Bonchev–Trinajstić information content (AvgIpc) is 2.83. The van der Waals surface area contributed by atoms with Crippen LogP contribution in [0.4, 0.5) is 0 Å². The van der Waals surface area contributed by atoms with E-state index in [1.54, 1.807) is 12.0 Å². The molecule has 0 aliphatic rings. The molecular weight excluding hydrogens is 298 g/mol. The first-order chi connectivity index (χ1) is 10.4. The number of aromatic nitrogens is 2. The molecule has 0 saturated heterocycles. The molecule has 2 aromatic heterocycles. The number of hydrogen-bond acceptors (Lipinski definition) is 5. The number of amides is 1. The van der Waals surface area contributed by atoms with Crippen LogP contribution in [-0.4, -0.2) is 47.6 Å². The third kappa shape index (κ3) is 2.98. The number of rotatable bonds is 5. The fourth-order valence-electron chi connectivity index (χ4n) is 2.47. The maximum atomic E-state index is 12.7. The normalized spacial score (nSPS) is 12.6. The number of methoxy groups -OCH3 is 1. The molecule has 0 unspecified atom stereocenters. The standard InChI is InChI=1S/C16H23N3O2S/c1-7-12-17-11(4)13-10(3)14(22-15(13)18-12)16(20)19(5)9(2)8-21-6/h9H,7-8H2,1-6H3/t9-/m0/s1. The van der Waals surface area contributed by atoms with Gasteiger partial charge in [-0.25, -0.2) is 9.97 Å². The Kier molecular flexibility index (Phi) is 5.13. The molecule has 0 aliphatic carbocycles. The first kappa shape index (κ1) is 16.8. The predicted octanol–water partition coefficient (Wildman–Crippen LogP) is 2.98. The van der Waals surface area contributed by atoms with E-state index in [0.29, 0.717) is 6.61 Å². The molecule has 1 atom stereocenters. The highest BCUT2D eigenvalue weighted by Crippen LogP contribution is 2.32. The summed E-state index contributed by atoms with van der Waals surface area (Å²) in [5.41, 5.74) is 1.92.